The Balaban J connectivity index is 1.42. The maximum absolute atomic E-state index is 15.6. The normalized spacial score (nSPS) is 30.3. The van der Waals surface area contributed by atoms with Gasteiger partial charge >= 0.3 is 29.8 Å². The number of Topliss-reactive ketones (excluding diaryl/α,β-unsaturated/α-hetero) is 1. The summed E-state index contributed by atoms with van der Waals surface area (Å²) in [5, 5.41) is 28.9. The van der Waals surface area contributed by atoms with E-state index < -0.39 is 119 Å². The summed E-state index contributed by atoms with van der Waals surface area (Å²) in [6.45, 7) is 9.70. The number of esters is 5. The van der Waals surface area contributed by atoms with E-state index >= 15 is 9.59 Å². The molecule has 0 aromatic heterocycles. The van der Waals surface area contributed by atoms with E-state index in [9.17, 15) is 34.2 Å². The Labute approximate surface area is 388 Å². The minimum Gasteiger partial charge on any atom is -0.455 e. The number of amides is 1. The van der Waals surface area contributed by atoms with Gasteiger partial charge in [-0.05, 0) is 61.2 Å². The predicted octanol–water partition coefficient (Wildman–Crippen LogP) is 5.09. The fraction of sp³-hybridized carbons (Fsp3) is 0.471. The quantitative estimate of drug-likeness (QED) is 0.115. The number of aliphatic hydroxyl groups excluding tert-OH is 1. The molecule has 4 aliphatic rings. The van der Waals surface area contributed by atoms with Crippen LogP contribution >= 0.6 is 0 Å². The first-order valence-corrected chi connectivity index (χ1v) is 22.4. The molecule has 0 radical (unpaired) electrons. The number of hydrogen-bond acceptors (Lipinski definition) is 15. The van der Waals surface area contributed by atoms with Gasteiger partial charge in [-0.2, -0.15) is 0 Å². The van der Waals surface area contributed by atoms with Crippen molar-refractivity contribution < 1.29 is 72.2 Å². The van der Waals surface area contributed by atoms with Gasteiger partial charge in [-0.1, -0.05) is 87.5 Å². The second-order valence-electron chi connectivity index (χ2n) is 18.6. The molecule has 3 N–H and O–H groups in total. The Kier molecular flexibility index (Phi) is 13.7. The number of benzene rings is 3. The highest BCUT2D eigenvalue weighted by atomic mass is 16.6. The van der Waals surface area contributed by atoms with Gasteiger partial charge in [0.2, 0.25) is 6.10 Å². The molecule has 3 aliphatic carbocycles. The van der Waals surface area contributed by atoms with Crippen molar-refractivity contribution in [3.8, 4) is 0 Å². The van der Waals surface area contributed by atoms with Gasteiger partial charge in [0.1, 0.15) is 30.0 Å². The van der Waals surface area contributed by atoms with Crippen LogP contribution < -0.4 is 5.32 Å². The molecule has 1 saturated heterocycles. The van der Waals surface area contributed by atoms with Gasteiger partial charge in [-0.3, -0.25) is 24.0 Å². The molecule has 1 amide bonds. The summed E-state index contributed by atoms with van der Waals surface area (Å²) in [6.07, 6.45) is -10.2. The minimum absolute atomic E-state index is 0.0167. The van der Waals surface area contributed by atoms with Gasteiger partial charge in [-0.25, -0.2) is 9.59 Å². The number of rotatable bonds is 13. The second-order valence-corrected chi connectivity index (χ2v) is 18.6. The smallest absolute Gasteiger partial charge is 0.350 e. The molecule has 16 heteroatoms. The fourth-order valence-electron chi connectivity index (χ4n) is 10.7. The predicted molar refractivity (Wildman–Crippen MR) is 236 cm³/mol. The topological polar surface area (TPSA) is 227 Å². The molecule has 1 heterocycles. The maximum Gasteiger partial charge on any atom is 0.350 e. The van der Waals surface area contributed by atoms with E-state index in [4.69, 9.17) is 28.4 Å². The third-order valence-corrected chi connectivity index (χ3v) is 14.2. The third kappa shape index (κ3) is 8.66. The van der Waals surface area contributed by atoms with Crippen LogP contribution in [0.4, 0.5) is 0 Å². The van der Waals surface area contributed by atoms with Crippen LogP contribution in [0.2, 0.25) is 0 Å². The van der Waals surface area contributed by atoms with Crippen LogP contribution in [0, 0.1) is 16.7 Å². The lowest BCUT2D eigenvalue weighted by molar-refractivity contribution is -0.346. The average Bonchev–Trinajstić information content (AvgIpc) is 3.29. The second kappa shape index (κ2) is 18.8. The highest BCUT2D eigenvalue weighted by Gasteiger charge is 2.78. The number of hydrogen-bond donors (Lipinski definition) is 3. The van der Waals surface area contributed by atoms with Crippen LogP contribution in [0.25, 0.3) is 0 Å². The standard InChI is InChI=1S/C51H57NO15/c1-8-18-37(56)65-41(39(31-19-12-9-13-20-31)52-45(58)32-21-14-10-15-22-32)47(60)64-34-26-51(61)44(66-46(59)33-23-16-11-17-24-33)42-49(7,35(55)25-36-50(42,27-62-36)67-30(4)54)43(57)40(63-29(3)53)38(28(34)2)48(51,5)6/h9-17,19-24,34-36,39-42,44,55,61H,8,18,25-27H2,1-7H3,(H,52,58)/t34?,35-,36+,39-,40+,41?,42?,44-,49+,50-,51+/m1/s1. The molecule has 11 atom stereocenters. The Bertz CT molecular complexity index is 2440. The molecule has 67 heavy (non-hydrogen) atoms. The van der Waals surface area contributed by atoms with Crippen LogP contribution in [0.15, 0.2) is 102 Å². The molecule has 3 aromatic carbocycles. The summed E-state index contributed by atoms with van der Waals surface area (Å²) < 4.78 is 36.6. The van der Waals surface area contributed by atoms with Crippen molar-refractivity contribution in [1.29, 1.82) is 0 Å². The van der Waals surface area contributed by atoms with Crippen LogP contribution in [-0.4, -0.2) is 106 Å². The van der Waals surface area contributed by atoms with Crippen molar-refractivity contribution in [3.63, 3.8) is 0 Å². The first kappa shape index (κ1) is 48.7. The number of aliphatic hydroxyl groups is 2. The molecule has 356 valence electrons. The van der Waals surface area contributed by atoms with Crippen molar-refractivity contribution in [2.75, 3.05) is 6.61 Å². The lowest BCUT2D eigenvalue weighted by atomic mass is 9.44. The highest BCUT2D eigenvalue weighted by molar-refractivity contribution is 5.96. The van der Waals surface area contributed by atoms with Crippen LogP contribution in [0.5, 0.6) is 0 Å². The van der Waals surface area contributed by atoms with Gasteiger partial charge in [0.05, 0.1) is 29.6 Å². The molecular weight excluding hydrogens is 867 g/mol. The molecule has 16 nitrogen and oxygen atoms in total. The van der Waals surface area contributed by atoms with Gasteiger partial charge in [0.15, 0.2) is 17.5 Å². The monoisotopic (exact) mass is 923 g/mol. The van der Waals surface area contributed by atoms with E-state index in [1.54, 1.807) is 99.6 Å². The lowest BCUT2D eigenvalue weighted by Gasteiger charge is -2.67. The highest BCUT2D eigenvalue weighted by Crippen LogP contribution is 2.64. The molecule has 0 spiro atoms. The SMILES string of the molecule is CCCC(=O)OC(C(=O)OC1C[C@]2(O)[C@H](OC(=O)c3ccccc3)C3[C@@]4(OC(C)=O)CO[C@H]4C[C@@H](O)[C@]3(C)C(=O)[C@@H](OC(C)=O)C(=C1C)C2(C)C)[C@H](NC(=O)c1ccccc1)c1ccccc1. The van der Waals surface area contributed by atoms with E-state index in [2.05, 4.69) is 5.32 Å². The van der Waals surface area contributed by atoms with Crippen LogP contribution in [0.1, 0.15) is 106 Å². The van der Waals surface area contributed by atoms with E-state index in [1.165, 1.54) is 26.0 Å². The zero-order chi connectivity index (χ0) is 48.6. The molecule has 7 rings (SSSR count). The van der Waals surface area contributed by atoms with Crippen molar-refractivity contribution in [1.82, 2.24) is 5.32 Å². The van der Waals surface area contributed by atoms with E-state index in [0.29, 0.717) is 12.0 Å². The lowest BCUT2D eigenvalue weighted by Crippen LogP contribution is -2.82. The molecule has 1 aliphatic heterocycles. The maximum atomic E-state index is 15.6. The number of ether oxygens (including phenoxy) is 6. The molecular formula is C51H57NO15. The van der Waals surface area contributed by atoms with E-state index in [0.717, 1.165) is 13.8 Å². The van der Waals surface area contributed by atoms with E-state index in [1.807, 2.05) is 0 Å². The van der Waals surface area contributed by atoms with Crippen molar-refractivity contribution in [2.24, 2.45) is 16.7 Å². The van der Waals surface area contributed by atoms with Crippen molar-refractivity contribution in [2.45, 2.75) is 128 Å². The van der Waals surface area contributed by atoms with Gasteiger partial charge in [-0.15, -0.1) is 0 Å². The summed E-state index contributed by atoms with van der Waals surface area (Å²) in [7, 11) is 0. The van der Waals surface area contributed by atoms with E-state index in [-0.39, 0.29) is 41.7 Å². The Morgan fingerprint density at radius 1 is 0.836 bits per heavy atom. The first-order valence-electron chi connectivity index (χ1n) is 22.4. The van der Waals surface area contributed by atoms with Gasteiger partial charge < -0.3 is 44.0 Å². The van der Waals surface area contributed by atoms with Crippen LogP contribution in [-0.2, 0) is 52.4 Å². The fourth-order valence-corrected chi connectivity index (χ4v) is 10.7. The zero-order valence-electron chi connectivity index (χ0n) is 38.5. The summed E-state index contributed by atoms with van der Waals surface area (Å²) in [4.78, 5) is 98.5. The summed E-state index contributed by atoms with van der Waals surface area (Å²) in [6, 6.07) is 23.0. The summed E-state index contributed by atoms with van der Waals surface area (Å²) >= 11 is 0. The third-order valence-electron chi connectivity index (χ3n) is 14.2. The number of nitrogens with one attached hydrogen (secondary N) is 1. The van der Waals surface area contributed by atoms with Gasteiger partial charge in [0, 0.05) is 44.1 Å². The Hall–Kier alpha value is -6.23. The summed E-state index contributed by atoms with van der Waals surface area (Å²) in [5.41, 5.74) is -7.18. The molecule has 2 saturated carbocycles. The van der Waals surface area contributed by atoms with Crippen molar-refractivity contribution in [3.05, 3.63) is 119 Å². The Morgan fingerprint density at radius 2 is 1.43 bits per heavy atom. The number of fused-ring (bicyclic) bond motifs is 5. The number of carbonyl (C=O) groups excluding carboxylic acids is 7. The number of carbonyl (C=O) groups is 7. The first-order chi connectivity index (χ1) is 31.7. The molecule has 3 unspecified atom stereocenters. The zero-order valence-corrected chi connectivity index (χ0v) is 38.5. The molecule has 2 bridgehead atoms. The largest absolute Gasteiger partial charge is 0.455 e. The Morgan fingerprint density at radius 3 is 1.99 bits per heavy atom. The average molecular weight is 924 g/mol. The molecule has 3 fully saturated rings. The van der Waals surface area contributed by atoms with Crippen molar-refractivity contribution >= 4 is 41.5 Å². The van der Waals surface area contributed by atoms with Gasteiger partial charge in [0.25, 0.3) is 5.91 Å². The number of ketones is 1. The molecule has 3 aromatic rings. The van der Waals surface area contributed by atoms with Crippen LogP contribution in [0.3, 0.4) is 0 Å². The minimum atomic E-state index is -2.43. The summed E-state index contributed by atoms with van der Waals surface area (Å²) in [5.74, 6) is -7.63.